The normalized spacial score (nSPS) is 13.4. The molecule has 3 N–H and O–H groups in total. The first-order valence-electron chi connectivity index (χ1n) is 3.45. The molecule has 0 rings (SSSR count). The zero-order valence-corrected chi connectivity index (χ0v) is 6.83. The van der Waals surface area contributed by atoms with Gasteiger partial charge < -0.3 is 4.74 Å². The van der Waals surface area contributed by atoms with Crippen LogP contribution in [0.3, 0.4) is 0 Å². The fraction of sp³-hybridized carbons (Fsp3) is 0.571. The van der Waals surface area contributed by atoms with Gasteiger partial charge in [0.05, 0.1) is 6.61 Å². The van der Waals surface area contributed by atoms with Crippen molar-refractivity contribution in [2.24, 2.45) is 5.84 Å². The highest BCUT2D eigenvalue weighted by atomic mass is 16.5. The third kappa shape index (κ3) is 4.52. The van der Waals surface area contributed by atoms with Crippen molar-refractivity contribution < 1.29 is 9.53 Å². The molecule has 4 nitrogen and oxygen atoms in total. The average Bonchev–Trinajstić information content (AvgIpc) is 2.03. The number of hydrazine groups is 1. The second-order valence-corrected chi connectivity index (χ2v) is 2.05. The van der Waals surface area contributed by atoms with Crippen LogP contribution in [0.2, 0.25) is 0 Å². The van der Waals surface area contributed by atoms with Crippen LogP contribution in [0, 0.1) is 0 Å². The largest absolute Gasteiger partial charge is 0.365 e. The summed E-state index contributed by atoms with van der Waals surface area (Å²) >= 11 is 0. The second kappa shape index (κ2) is 5.88. The van der Waals surface area contributed by atoms with Crippen LogP contribution in [0.5, 0.6) is 0 Å². The van der Waals surface area contributed by atoms with Crippen molar-refractivity contribution >= 4 is 5.91 Å². The Kier molecular flexibility index (Phi) is 5.42. The van der Waals surface area contributed by atoms with Crippen LogP contribution in [0.4, 0.5) is 0 Å². The highest BCUT2D eigenvalue weighted by Crippen LogP contribution is 1.89. The molecule has 0 fully saturated rings. The van der Waals surface area contributed by atoms with Crippen molar-refractivity contribution in [2.75, 3.05) is 6.61 Å². The molecule has 0 saturated heterocycles. The molecule has 1 unspecified atom stereocenters. The van der Waals surface area contributed by atoms with Crippen molar-refractivity contribution in [1.82, 2.24) is 5.43 Å². The summed E-state index contributed by atoms with van der Waals surface area (Å²) in [6, 6.07) is 0. The van der Waals surface area contributed by atoms with Crippen LogP contribution in [0.1, 0.15) is 13.8 Å². The van der Waals surface area contributed by atoms with E-state index in [4.69, 9.17) is 10.6 Å². The number of allylic oxidation sites excluding steroid dienone is 1. The number of rotatable bonds is 4. The van der Waals surface area contributed by atoms with Gasteiger partial charge in [-0.05, 0) is 13.8 Å². The minimum Gasteiger partial charge on any atom is -0.365 e. The van der Waals surface area contributed by atoms with Crippen molar-refractivity contribution in [2.45, 2.75) is 20.0 Å². The van der Waals surface area contributed by atoms with E-state index in [1.165, 1.54) is 0 Å². The molecule has 0 radical (unpaired) electrons. The predicted molar refractivity (Wildman–Crippen MR) is 42.6 cm³/mol. The zero-order chi connectivity index (χ0) is 8.69. The number of amides is 1. The van der Waals surface area contributed by atoms with E-state index < -0.39 is 6.10 Å². The van der Waals surface area contributed by atoms with E-state index in [9.17, 15) is 4.79 Å². The SMILES string of the molecule is CC=CCOC(C)C(=O)NN. The Morgan fingerprint density at radius 2 is 2.45 bits per heavy atom. The lowest BCUT2D eigenvalue weighted by Gasteiger charge is -2.08. The maximum Gasteiger partial charge on any atom is 0.262 e. The lowest BCUT2D eigenvalue weighted by Crippen LogP contribution is -2.38. The van der Waals surface area contributed by atoms with Gasteiger partial charge in [0.2, 0.25) is 0 Å². The Morgan fingerprint density at radius 1 is 1.82 bits per heavy atom. The van der Waals surface area contributed by atoms with E-state index in [-0.39, 0.29) is 5.91 Å². The molecule has 0 aromatic carbocycles. The van der Waals surface area contributed by atoms with Crippen LogP contribution < -0.4 is 11.3 Å². The zero-order valence-electron chi connectivity index (χ0n) is 6.83. The number of carbonyl (C=O) groups excluding carboxylic acids is 1. The topological polar surface area (TPSA) is 64.3 Å². The van der Waals surface area contributed by atoms with Crippen molar-refractivity contribution in [3.05, 3.63) is 12.2 Å². The molecule has 1 amide bonds. The smallest absolute Gasteiger partial charge is 0.262 e. The Hall–Kier alpha value is -0.870. The fourth-order valence-electron chi connectivity index (χ4n) is 0.489. The number of nitrogens with two attached hydrogens (primary N) is 1. The monoisotopic (exact) mass is 158 g/mol. The first-order valence-corrected chi connectivity index (χ1v) is 3.45. The highest BCUT2D eigenvalue weighted by Gasteiger charge is 2.09. The lowest BCUT2D eigenvalue weighted by atomic mass is 10.4. The quantitative estimate of drug-likeness (QED) is 0.261. The van der Waals surface area contributed by atoms with Crippen LogP contribution in [0.15, 0.2) is 12.2 Å². The molecule has 0 aliphatic heterocycles. The van der Waals surface area contributed by atoms with Crippen molar-refractivity contribution in [3.63, 3.8) is 0 Å². The summed E-state index contributed by atoms with van der Waals surface area (Å²) in [7, 11) is 0. The number of hydrogen-bond acceptors (Lipinski definition) is 3. The summed E-state index contributed by atoms with van der Waals surface area (Å²) in [6.07, 6.45) is 3.18. The van der Waals surface area contributed by atoms with Crippen LogP contribution in [0.25, 0.3) is 0 Å². The minimum atomic E-state index is -0.490. The number of hydrogen-bond donors (Lipinski definition) is 2. The van der Waals surface area contributed by atoms with Crippen LogP contribution in [-0.2, 0) is 9.53 Å². The molecule has 0 heterocycles. The summed E-state index contributed by atoms with van der Waals surface area (Å²) in [6.45, 7) is 3.97. The molecule has 0 spiro atoms. The second-order valence-electron chi connectivity index (χ2n) is 2.05. The van der Waals surface area contributed by atoms with Gasteiger partial charge in [0.25, 0.3) is 5.91 Å². The van der Waals surface area contributed by atoms with Crippen molar-refractivity contribution in [1.29, 1.82) is 0 Å². The third-order valence-electron chi connectivity index (χ3n) is 1.19. The first kappa shape index (κ1) is 10.1. The Balaban J connectivity index is 3.51. The molecular weight excluding hydrogens is 144 g/mol. The fourth-order valence-corrected chi connectivity index (χ4v) is 0.489. The van der Waals surface area contributed by atoms with Gasteiger partial charge in [0.15, 0.2) is 0 Å². The van der Waals surface area contributed by atoms with Crippen LogP contribution >= 0.6 is 0 Å². The number of ether oxygens (including phenoxy) is 1. The summed E-state index contributed by atoms with van der Waals surface area (Å²) < 4.78 is 5.06. The van der Waals surface area contributed by atoms with Gasteiger partial charge in [-0.2, -0.15) is 0 Å². The van der Waals surface area contributed by atoms with E-state index in [1.807, 2.05) is 24.5 Å². The van der Waals surface area contributed by atoms with Gasteiger partial charge in [-0.1, -0.05) is 12.2 Å². The molecule has 4 heteroatoms. The summed E-state index contributed by atoms with van der Waals surface area (Å²) in [5.41, 5.74) is 2.00. The van der Waals surface area contributed by atoms with E-state index in [1.54, 1.807) is 6.92 Å². The Bertz CT molecular complexity index is 145. The first-order chi connectivity index (χ1) is 5.22. The Labute approximate surface area is 66.4 Å². The molecular formula is C7H14N2O2. The van der Waals surface area contributed by atoms with E-state index in [0.717, 1.165) is 0 Å². The van der Waals surface area contributed by atoms with Gasteiger partial charge >= 0.3 is 0 Å². The molecule has 11 heavy (non-hydrogen) atoms. The maximum absolute atomic E-state index is 10.7. The van der Waals surface area contributed by atoms with Gasteiger partial charge in [-0.15, -0.1) is 0 Å². The molecule has 0 aliphatic carbocycles. The number of carbonyl (C=O) groups is 1. The minimum absolute atomic E-state index is 0.311. The standard InChI is InChI=1S/C7H14N2O2/c1-3-4-5-11-6(2)7(10)9-8/h3-4,6H,5,8H2,1-2H3,(H,9,10). The molecule has 0 bridgehead atoms. The van der Waals surface area contributed by atoms with Gasteiger partial charge in [0, 0.05) is 0 Å². The van der Waals surface area contributed by atoms with E-state index in [2.05, 4.69) is 0 Å². The lowest BCUT2D eigenvalue weighted by molar-refractivity contribution is -0.131. The highest BCUT2D eigenvalue weighted by molar-refractivity contribution is 5.79. The molecule has 0 aromatic rings. The molecule has 1 atom stereocenters. The van der Waals surface area contributed by atoms with Gasteiger partial charge in [0.1, 0.15) is 6.10 Å². The van der Waals surface area contributed by atoms with Crippen molar-refractivity contribution in [3.8, 4) is 0 Å². The summed E-state index contributed by atoms with van der Waals surface area (Å²) in [4.78, 5) is 10.7. The predicted octanol–water partition coefficient (Wildman–Crippen LogP) is -0.0425. The Morgan fingerprint density at radius 3 is 2.91 bits per heavy atom. The van der Waals surface area contributed by atoms with Crippen LogP contribution in [-0.4, -0.2) is 18.6 Å². The van der Waals surface area contributed by atoms with E-state index in [0.29, 0.717) is 6.61 Å². The summed E-state index contributed by atoms with van der Waals surface area (Å²) in [5.74, 6) is 4.57. The maximum atomic E-state index is 10.7. The molecule has 0 saturated carbocycles. The number of nitrogens with one attached hydrogen (secondary N) is 1. The van der Waals surface area contributed by atoms with E-state index >= 15 is 0 Å². The summed E-state index contributed by atoms with van der Waals surface area (Å²) in [5, 5.41) is 0. The average molecular weight is 158 g/mol. The molecule has 64 valence electrons. The van der Waals surface area contributed by atoms with Gasteiger partial charge in [-0.25, -0.2) is 5.84 Å². The molecule has 0 aromatic heterocycles. The molecule has 0 aliphatic rings. The van der Waals surface area contributed by atoms with Gasteiger partial charge in [-0.3, -0.25) is 10.2 Å². The third-order valence-corrected chi connectivity index (χ3v) is 1.19.